The number of ether oxygens (including phenoxy) is 1. The van der Waals surface area contributed by atoms with Crippen molar-refractivity contribution >= 4 is 14.8 Å². The Bertz CT molecular complexity index is 344. The van der Waals surface area contributed by atoms with Crippen LogP contribution in [0.5, 0.6) is 0 Å². The standard InChI is InChI=1S/C14H30NO5Si.ClH/c1-8-15(4,12-20-14(16)13(2)3)10-9-11-21(17-5,18-6)19-7;/h2,8-12H2,1,3-7H3;1H/q+1;/p-1. The lowest BCUT2D eigenvalue weighted by Gasteiger charge is -2.33. The Morgan fingerprint density at radius 2 is 1.68 bits per heavy atom. The molecule has 1 atom stereocenters. The molecule has 132 valence electrons. The van der Waals surface area contributed by atoms with E-state index in [1.54, 1.807) is 28.3 Å². The van der Waals surface area contributed by atoms with E-state index >= 15 is 0 Å². The van der Waals surface area contributed by atoms with Crippen molar-refractivity contribution in [2.24, 2.45) is 0 Å². The molecule has 0 rings (SSSR count). The Morgan fingerprint density at radius 3 is 2.05 bits per heavy atom. The molecule has 1 unspecified atom stereocenters. The molecule has 0 aliphatic carbocycles. The van der Waals surface area contributed by atoms with E-state index in [0.29, 0.717) is 16.8 Å². The molecule has 22 heavy (non-hydrogen) atoms. The second-order valence-corrected chi connectivity index (χ2v) is 8.49. The fourth-order valence-electron chi connectivity index (χ4n) is 1.89. The highest BCUT2D eigenvalue weighted by Gasteiger charge is 2.38. The predicted molar refractivity (Wildman–Crippen MR) is 83.6 cm³/mol. The van der Waals surface area contributed by atoms with Crippen LogP contribution in [0.15, 0.2) is 12.2 Å². The van der Waals surface area contributed by atoms with Gasteiger partial charge in [0.25, 0.3) is 0 Å². The smallest absolute Gasteiger partial charge is 0.500 e. The number of rotatable bonds is 11. The van der Waals surface area contributed by atoms with Gasteiger partial charge in [-0.05, 0) is 13.8 Å². The van der Waals surface area contributed by atoms with E-state index in [2.05, 4.69) is 20.6 Å². The van der Waals surface area contributed by atoms with Gasteiger partial charge >= 0.3 is 14.8 Å². The van der Waals surface area contributed by atoms with E-state index in [9.17, 15) is 4.79 Å². The van der Waals surface area contributed by atoms with Crippen molar-refractivity contribution < 1.29 is 39.7 Å². The minimum atomic E-state index is -2.52. The van der Waals surface area contributed by atoms with Crippen LogP contribution in [0.2, 0.25) is 6.04 Å². The van der Waals surface area contributed by atoms with Gasteiger partial charge in [-0.1, -0.05) is 6.58 Å². The number of hydrogen-bond acceptors (Lipinski definition) is 5. The van der Waals surface area contributed by atoms with Crippen LogP contribution in [0.3, 0.4) is 0 Å². The molecule has 0 saturated heterocycles. The summed E-state index contributed by atoms with van der Waals surface area (Å²) in [6.07, 6.45) is 0.872. The quantitative estimate of drug-likeness (QED) is 0.153. The van der Waals surface area contributed by atoms with Crippen molar-refractivity contribution in [1.29, 1.82) is 0 Å². The van der Waals surface area contributed by atoms with E-state index in [1.165, 1.54) is 0 Å². The van der Waals surface area contributed by atoms with Crippen LogP contribution >= 0.6 is 0 Å². The maximum absolute atomic E-state index is 11.5. The third kappa shape index (κ3) is 7.71. The van der Waals surface area contributed by atoms with Gasteiger partial charge in [-0.25, -0.2) is 4.79 Å². The zero-order valence-electron chi connectivity index (χ0n) is 14.6. The Morgan fingerprint density at radius 1 is 1.18 bits per heavy atom. The molecule has 0 aromatic heterocycles. The zero-order valence-corrected chi connectivity index (χ0v) is 16.4. The number of hydrogen-bond donors (Lipinski definition) is 0. The number of carbonyl (C=O) groups excluding carboxylic acids is 1. The van der Waals surface area contributed by atoms with Crippen molar-refractivity contribution in [1.82, 2.24) is 0 Å². The summed E-state index contributed by atoms with van der Waals surface area (Å²) in [5.74, 6) is -0.345. The molecule has 8 heteroatoms. The fraction of sp³-hybridized carbons (Fsp3) is 0.786. The average molecular weight is 356 g/mol. The fourth-order valence-corrected chi connectivity index (χ4v) is 3.59. The highest BCUT2D eigenvalue weighted by molar-refractivity contribution is 6.60. The second-order valence-electron chi connectivity index (χ2n) is 5.40. The van der Waals surface area contributed by atoms with Crippen LogP contribution in [-0.4, -0.2) is 67.5 Å². The van der Waals surface area contributed by atoms with Gasteiger partial charge in [0.15, 0.2) is 0 Å². The number of nitrogens with zero attached hydrogens (tertiary/aromatic N) is 1. The van der Waals surface area contributed by atoms with Gasteiger partial charge in [-0.3, -0.25) is 4.48 Å². The van der Waals surface area contributed by atoms with Crippen LogP contribution in [0, 0.1) is 0 Å². The molecule has 0 aliphatic heterocycles. The monoisotopic (exact) mass is 355 g/mol. The maximum Gasteiger partial charge on any atom is 0.500 e. The number of esters is 1. The molecule has 0 spiro atoms. The van der Waals surface area contributed by atoms with Crippen molar-refractivity contribution in [2.45, 2.75) is 26.3 Å². The summed E-state index contributed by atoms with van der Waals surface area (Å²) >= 11 is 0. The molecule has 6 nitrogen and oxygen atoms in total. The molecule has 0 bridgehead atoms. The molecule has 0 fully saturated rings. The highest BCUT2D eigenvalue weighted by atomic mass is 35.5. The van der Waals surface area contributed by atoms with Crippen LogP contribution in [0.25, 0.3) is 0 Å². The number of quaternary nitrogens is 1. The normalized spacial score (nSPS) is 13.9. The SMILES string of the molecule is C=C(C)C(=O)OC[N+](C)(CC)CCC[Si](OC)(OC)OC.[Cl-]. The van der Waals surface area contributed by atoms with Crippen molar-refractivity contribution in [3.8, 4) is 0 Å². The van der Waals surface area contributed by atoms with Gasteiger partial charge in [-0.2, -0.15) is 0 Å². The summed E-state index contributed by atoms with van der Waals surface area (Å²) < 4.78 is 22.1. The summed E-state index contributed by atoms with van der Waals surface area (Å²) in [4.78, 5) is 11.5. The van der Waals surface area contributed by atoms with E-state index in [4.69, 9.17) is 18.0 Å². The predicted octanol–water partition coefficient (Wildman–Crippen LogP) is -1.20. The maximum atomic E-state index is 11.5. The lowest BCUT2D eigenvalue weighted by Crippen LogP contribution is -3.00. The Hall–Kier alpha value is -0.443. The highest BCUT2D eigenvalue weighted by Crippen LogP contribution is 2.17. The summed E-state index contributed by atoms with van der Waals surface area (Å²) in [5, 5.41) is 0. The summed E-state index contributed by atoms with van der Waals surface area (Å²) in [6, 6.07) is 0.735. The van der Waals surface area contributed by atoms with Gasteiger partial charge in [-0.15, -0.1) is 0 Å². The molecule has 0 heterocycles. The first-order valence-corrected chi connectivity index (χ1v) is 9.03. The molecule has 0 aromatic rings. The van der Waals surface area contributed by atoms with Gasteiger partial charge in [0.05, 0.1) is 20.1 Å². The topological polar surface area (TPSA) is 54.0 Å². The van der Waals surface area contributed by atoms with Crippen LogP contribution in [0.1, 0.15) is 20.3 Å². The summed E-state index contributed by atoms with van der Waals surface area (Å²) in [5.41, 5.74) is 0.419. The van der Waals surface area contributed by atoms with E-state index in [1.807, 2.05) is 0 Å². The van der Waals surface area contributed by atoms with E-state index < -0.39 is 8.80 Å². The zero-order chi connectivity index (χ0) is 16.5. The number of carbonyl (C=O) groups is 1. The van der Waals surface area contributed by atoms with E-state index in [-0.39, 0.29) is 18.4 Å². The largest absolute Gasteiger partial charge is 1.00 e. The molecular weight excluding hydrogens is 326 g/mol. The van der Waals surface area contributed by atoms with Gasteiger partial charge in [0, 0.05) is 39.4 Å². The van der Waals surface area contributed by atoms with E-state index in [0.717, 1.165) is 25.6 Å². The van der Waals surface area contributed by atoms with Crippen molar-refractivity contribution in [3.05, 3.63) is 12.2 Å². The van der Waals surface area contributed by atoms with Crippen molar-refractivity contribution in [3.63, 3.8) is 0 Å². The van der Waals surface area contributed by atoms with Gasteiger partial charge < -0.3 is 30.4 Å². The lowest BCUT2D eigenvalue weighted by atomic mass is 10.3. The molecular formula is C14H30ClNO5Si. The molecule has 0 saturated carbocycles. The minimum absolute atomic E-state index is 0. The van der Waals surface area contributed by atoms with Gasteiger partial charge in [0.1, 0.15) is 0 Å². The molecule has 0 N–H and O–H groups in total. The first-order valence-electron chi connectivity index (χ1n) is 7.09. The molecule has 0 radical (unpaired) electrons. The Labute approximate surface area is 141 Å². The van der Waals surface area contributed by atoms with Gasteiger partial charge in [0.2, 0.25) is 6.73 Å². The van der Waals surface area contributed by atoms with Crippen molar-refractivity contribution in [2.75, 3.05) is 48.2 Å². The molecule has 0 amide bonds. The van der Waals surface area contributed by atoms with Crippen LogP contribution < -0.4 is 12.4 Å². The third-order valence-corrected chi connectivity index (χ3v) is 6.57. The summed E-state index contributed by atoms with van der Waals surface area (Å²) in [7, 11) is 4.37. The molecule has 0 aromatic carbocycles. The lowest BCUT2D eigenvalue weighted by molar-refractivity contribution is -0.924. The first-order chi connectivity index (χ1) is 9.78. The summed E-state index contributed by atoms with van der Waals surface area (Å²) in [6.45, 7) is 9.36. The number of halogens is 1. The third-order valence-electron chi connectivity index (χ3n) is 3.73. The Kier molecular flexibility index (Phi) is 12.1. The Balaban J connectivity index is 0. The van der Waals surface area contributed by atoms with Crippen LogP contribution in [0.4, 0.5) is 0 Å². The average Bonchev–Trinajstić information content (AvgIpc) is 2.49. The molecule has 0 aliphatic rings. The second kappa shape index (κ2) is 11.1. The first kappa shape index (κ1) is 23.8. The van der Waals surface area contributed by atoms with Crippen LogP contribution in [-0.2, 0) is 22.8 Å². The minimum Gasteiger partial charge on any atom is -1.00 e.